The van der Waals surface area contributed by atoms with Crippen LogP contribution >= 0.6 is 0 Å². The number of β-amino-alcohol motifs (C(OH)–C–C–N with tert-alkyl or cyclic N) is 1. The van der Waals surface area contributed by atoms with Gasteiger partial charge in [-0.3, -0.25) is 9.80 Å². The first kappa shape index (κ1) is 14.1. The molecular formula is C17H26N2O. The van der Waals surface area contributed by atoms with Crippen LogP contribution in [0.25, 0.3) is 0 Å². The highest BCUT2D eigenvalue weighted by molar-refractivity contribution is 5.23. The summed E-state index contributed by atoms with van der Waals surface area (Å²) in [5, 5.41) is 10.4. The van der Waals surface area contributed by atoms with Crippen molar-refractivity contribution >= 4 is 0 Å². The van der Waals surface area contributed by atoms with Gasteiger partial charge >= 0.3 is 0 Å². The fourth-order valence-corrected chi connectivity index (χ4v) is 3.52. The number of rotatable bonds is 4. The van der Waals surface area contributed by atoms with E-state index in [-0.39, 0.29) is 6.10 Å². The molecule has 2 aliphatic rings. The molecule has 0 aromatic heterocycles. The molecule has 0 aliphatic carbocycles. The number of aryl methyl sites for hydroxylation is 1. The Labute approximate surface area is 122 Å². The van der Waals surface area contributed by atoms with Crippen LogP contribution in [0, 0.1) is 6.92 Å². The van der Waals surface area contributed by atoms with Gasteiger partial charge in [0, 0.05) is 19.1 Å². The number of aliphatic hydroxyl groups is 1. The molecule has 2 atom stereocenters. The van der Waals surface area contributed by atoms with Gasteiger partial charge in [-0.05, 0) is 51.4 Å². The van der Waals surface area contributed by atoms with Crippen molar-refractivity contribution in [3.63, 3.8) is 0 Å². The van der Waals surface area contributed by atoms with Crippen molar-refractivity contribution in [2.75, 3.05) is 32.7 Å². The molecule has 2 unspecified atom stereocenters. The monoisotopic (exact) mass is 274 g/mol. The normalized spacial score (nSPS) is 26.2. The number of hydrogen-bond donors (Lipinski definition) is 1. The number of hydrogen-bond acceptors (Lipinski definition) is 3. The predicted octanol–water partition coefficient (Wildman–Crippen LogP) is 2.20. The van der Waals surface area contributed by atoms with Gasteiger partial charge in [0.05, 0.1) is 6.10 Å². The number of benzene rings is 1. The molecule has 0 spiro atoms. The minimum absolute atomic E-state index is 0.354. The van der Waals surface area contributed by atoms with Crippen LogP contribution in [0.15, 0.2) is 24.3 Å². The molecule has 2 saturated heterocycles. The predicted molar refractivity (Wildman–Crippen MR) is 81.8 cm³/mol. The minimum Gasteiger partial charge on any atom is -0.387 e. The van der Waals surface area contributed by atoms with E-state index in [2.05, 4.69) is 28.9 Å². The van der Waals surface area contributed by atoms with E-state index in [1.807, 2.05) is 12.1 Å². The molecule has 110 valence electrons. The van der Waals surface area contributed by atoms with Crippen molar-refractivity contribution in [2.24, 2.45) is 0 Å². The Morgan fingerprint density at radius 2 is 1.85 bits per heavy atom. The first-order chi connectivity index (χ1) is 9.72. The zero-order chi connectivity index (χ0) is 13.9. The van der Waals surface area contributed by atoms with Crippen molar-refractivity contribution in [3.8, 4) is 0 Å². The summed E-state index contributed by atoms with van der Waals surface area (Å²) in [6, 6.07) is 8.98. The van der Waals surface area contributed by atoms with Crippen molar-refractivity contribution in [3.05, 3.63) is 35.4 Å². The maximum Gasteiger partial charge on any atom is 0.0916 e. The molecular weight excluding hydrogens is 248 g/mol. The lowest BCUT2D eigenvalue weighted by Crippen LogP contribution is -2.36. The Bertz CT molecular complexity index is 425. The van der Waals surface area contributed by atoms with E-state index in [9.17, 15) is 5.11 Å². The summed E-state index contributed by atoms with van der Waals surface area (Å²) >= 11 is 0. The van der Waals surface area contributed by atoms with Crippen LogP contribution in [0.3, 0.4) is 0 Å². The molecule has 3 nitrogen and oxygen atoms in total. The summed E-state index contributed by atoms with van der Waals surface area (Å²) in [6.45, 7) is 7.66. The SMILES string of the molecule is Cc1ccc(C(O)CN2CCC(N3CCCC3)C2)cc1. The number of nitrogens with zero attached hydrogens (tertiary/aromatic N) is 2. The zero-order valence-corrected chi connectivity index (χ0v) is 12.5. The lowest BCUT2D eigenvalue weighted by molar-refractivity contribution is 0.120. The topological polar surface area (TPSA) is 26.7 Å². The average molecular weight is 274 g/mol. The molecule has 1 aromatic carbocycles. The molecule has 2 fully saturated rings. The van der Waals surface area contributed by atoms with Crippen LogP contribution in [-0.4, -0.2) is 53.7 Å². The Hall–Kier alpha value is -0.900. The second-order valence-corrected chi connectivity index (χ2v) is 6.37. The third-order valence-electron chi connectivity index (χ3n) is 4.80. The van der Waals surface area contributed by atoms with Gasteiger partial charge in [0.1, 0.15) is 0 Å². The van der Waals surface area contributed by atoms with Crippen molar-refractivity contribution < 1.29 is 5.11 Å². The Balaban J connectivity index is 1.52. The van der Waals surface area contributed by atoms with E-state index in [0.29, 0.717) is 0 Å². The van der Waals surface area contributed by atoms with Gasteiger partial charge in [0.25, 0.3) is 0 Å². The Kier molecular flexibility index (Phi) is 4.39. The highest BCUT2D eigenvalue weighted by Gasteiger charge is 2.30. The standard InChI is InChI=1S/C17H26N2O/c1-14-4-6-15(7-5-14)17(20)13-18-11-8-16(12-18)19-9-2-3-10-19/h4-7,16-17,20H,2-3,8-13H2,1H3. The van der Waals surface area contributed by atoms with Gasteiger partial charge in [-0.15, -0.1) is 0 Å². The van der Waals surface area contributed by atoms with Crippen molar-refractivity contribution in [1.29, 1.82) is 0 Å². The molecule has 3 heteroatoms. The molecule has 2 heterocycles. The maximum absolute atomic E-state index is 10.4. The highest BCUT2D eigenvalue weighted by Crippen LogP contribution is 2.23. The summed E-state index contributed by atoms with van der Waals surface area (Å²) in [7, 11) is 0. The quantitative estimate of drug-likeness (QED) is 0.912. The molecule has 0 amide bonds. The van der Waals surface area contributed by atoms with E-state index in [1.54, 1.807) is 0 Å². The molecule has 0 radical (unpaired) electrons. The third kappa shape index (κ3) is 3.22. The van der Waals surface area contributed by atoms with E-state index in [0.717, 1.165) is 31.2 Å². The van der Waals surface area contributed by atoms with E-state index >= 15 is 0 Å². The van der Waals surface area contributed by atoms with Gasteiger partial charge in [-0.2, -0.15) is 0 Å². The summed E-state index contributed by atoms with van der Waals surface area (Å²) < 4.78 is 0. The van der Waals surface area contributed by atoms with Gasteiger partial charge in [-0.25, -0.2) is 0 Å². The molecule has 1 aromatic rings. The van der Waals surface area contributed by atoms with E-state index < -0.39 is 0 Å². The minimum atomic E-state index is -0.354. The summed E-state index contributed by atoms with van der Waals surface area (Å²) in [5.74, 6) is 0. The van der Waals surface area contributed by atoms with Crippen LogP contribution in [0.4, 0.5) is 0 Å². The van der Waals surface area contributed by atoms with Crippen LogP contribution in [0.1, 0.15) is 36.5 Å². The van der Waals surface area contributed by atoms with Crippen molar-refractivity contribution in [1.82, 2.24) is 9.80 Å². The largest absolute Gasteiger partial charge is 0.387 e. The van der Waals surface area contributed by atoms with Gasteiger partial charge in [0.15, 0.2) is 0 Å². The second kappa shape index (κ2) is 6.25. The summed E-state index contributed by atoms with van der Waals surface area (Å²) in [4.78, 5) is 5.06. The Morgan fingerprint density at radius 1 is 1.15 bits per heavy atom. The maximum atomic E-state index is 10.4. The molecule has 20 heavy (non-hydrogen) atoms. The lowest BCUT2D eigenvalue weighted by atomic mass is 10.1. The molecule has 0 bridgehead atoms. The van der Waals surface area contributed by atoms with Gasteiger partial charge in [-0.1, -0.05) is 29.8 Å². The molecule has 1 N–H and O–H groups in total. The average Bonchev–Trinajstić information content (AvgIpc) is 3.09. The summed E-state index contributed by atoms with van der Waals surface area (Å²) in [5.41, 5.74) is 2.29. The van der Waals surface area contributed by atoms with E-state index in [4.69, 9.17) is 0 Å². The second-order valence-electron chi connectivity index (χ2n) is 6.37. The van der Waals surface area contributed by atoms with Crippen LogP contribution in [-0.2, 0) is 0 Å². The number of aliphatic hydroxyl groups excluding tert-OH is 1. The van der Waals surface area contributed by atoms with Crippen LogP contribution in [0.2, 0.25) is 0 Å². The lowest BCUT2D eigenvalue weighted by Gasteiger charge is -2.24. The number of likely N-dealkylation sites (tertiary alicyclic amines) is 2. The van der Waals surface area contributed by atoms with Gasteiger partial charge < -0.3 is 5.11 Å². The third-order valence-corrected chi connectivity index (χ3v) is 4.80. The molecule has 2 aliphatic heterocycles. The summed E-state index contributed by atoms with van der Waals surface area (Å²) in [6.07, 6.45) is 3.64. The fourth-order valence-electron chi connectivity index (χ4n) is 3.52. The zero-order valence-electron chi connectivity index (χ0n) is 12.5. The first-order valence-corrected chi connectivity index (χ1v) is 7.93. The molecule has 3 rings (SSSR count). The highest BCUT2D eigenvalue weighted by atomic mass is 16.3. The van der Waals surface area contributed by atoms with Crippen LogP contribution in [0.5, 0.6) is 0 Å². The van der Waals surface area contributed by atoms with Crippen LogP contribution < -0.4 is 0 Å². The van der Waals surface area contributed by atoms with Gasteiger partial charge in [0.2, 0.25) is 0 Å². The smallest absolute Gasteiger partial charge is 0.0916 e. The first-order valence-electron chi connectivity index (χ1n) is 7.93. The van der Waals surface area contributed by atoms with Crippen molar-refractivity contribution in [2.45, 2.75) is 38.3 Å². The fraction of sp³-hybridized carbons (Fsp3) is 0.647. The Morgan fingerprint density at radius 3 is 2.55 bits per heavy atom. The van der Waals surface area contributed by atoms with E-state index in [1.165, 1.54) is 37.9 Å². The molecule has 0 saturated carbocycles.